The molecule has 3 rings (SSSR count). The van der Waals surface area contributed by atoms with Gasteiger partial charge in [-0.25, -0.2) is 4.39 Å². The first-order valence-corrected chi connectivity index (χ1v) is 8.40. The highest BCUT2D eigenvalue weighted by atomic mass is 19.1. The molecule has 132 valence electrons. The molecule has 0 bridgehead atoms. The van der Waals surface area contributed by atoms with Crippen LogP contribution in [0.5, 0.6) is 0 Å². The van der Waals surface area contributed by atoms with E-state index in [1.807, 2.05) is 0 Å². The maximum absolute atomic E-state index is 14.2. The zero-order valence-corrected chi connectivity index (χ0v) is 13.6. The topological polar surface area (TPSA) is 85.6 Å². The predicted molar refractivity (Wildman–Crippen MR) is 89.5 cm³/mol. The molecule has 2 heterocycles. The van der Waals surface area contributed by atoms with Crippen LogP contribution in [0.3, 0.4) is 0 Å². The second-order valence-electron chi connectivity index (χ2n) is 6.43. The Labute approximate surface area is 140 Å². The molecule has 1 unspecified atom stereocenters. The molecule has 0 spiro atoms. The Hall–Kier alpha value is -1.70. The second-order valence-corrected chi connectivity index (χ2v) is 6.43. The van der Waals surface area contributed by atoms with Gasteiger partial charge in [0.05, 0.1) is 11.8 Å². The minimum absolute atomic E-state index is 0.134. The highest BCUT2D eigenvalue weighted by molar-refractivity contribution is 5.98. The summed E-state index contributed by atoms with van der Waals surface area (Å²) in [5.41, 5.74) is 5.97. The molecule has 1 amide bonds. The van der Waals surface area contributed by atoms with Crippen molar-refractivity contribution >= 4 is 17.3 Å². The van der Waals surface area contributed by atoms with Crippen LogP contribution in [0.2, 0.25) is 0 Å². The largest absolute Gasteiger partial charge is 0.381 e. The van der Waals surface area contributed by atoms with E-state index in [4.69, 9.17) is 15.2 Å². The molecule has 0 aliphatic carbocycles. The molecule has 2 aliphatic rings. The van der Waals surface area contributed by atoms with Gasteiger partial charge >= 0.3 is 0 Å². The van der Waals surface area contributed by atoms with E-state index in [9.17, 15) is 9.18 Å². The average Bonchev–Trinajstić information content (AvgIpc) is 3.08. The quantitative estimate of drug-likeness (QED) is 0.764. The third kappa shape index (κ3) is 4.03. The number of amides is 1. The van der Waals surface area contributed by atoms with E-state index in [2.05, 4.69) is 10.6 Å². The van der Waals surface area contributed by atoms with Gasteiger partial charge in [-0.2, -0.15) is 0 Å². The van der Waals surface area contributed by atoms with Gasteiger partial charge in [-0.05, 0) is 43.9 Å². The molecule has 1 atom stereocenters. The van der Waals surface area contributed by atoms with Crippen molar-refractivity contribution in [1.82, 2.24) is 0 Å². The van der Waals surface area contributed by atoms with Crippen molar-refractivity contribution < 1.29 is 18.7 Å². The number of benzene rings is 1. The number of hydrogen-bond acceptors (Lipinski definition) is 5. The highest BCUT2D eigenvalue weighted by Crippen LogP contribution is 2.23. The zero-order chi connectivity index (χ0) is 17.0. The number of nitrogens with one attached hydrogen (secondary N) is 2. The van der Waals surface area contributed by atoms with E-state index >= 15 is 0 Å². The van der Waals surface area contributed by atoms with Gasteiger partial charge in [0, 0.05) is 32.1 Å². The summed E-state index contributed by atoms with van der Waals surface area (Å²) in [5.74, 6) is -0.714. The Balaban J connectivity index is 1.58. The van der Waals surface area contributed by atoms with Gasteiger partial charge in [0.25, 0.3) is 0 Å². The fourth-order valence-corrected chi connectivity index (χ4v) is 2.98. The highest BCUT2D eigenvalue weighted by Gasteiger charge is 2.36. The van der Waals surface area contributed by atoms with Gasteiger partial charge in [-0.15, -0.1) is 0 Å². The summed E-state index contributed by atoms with van der Waals surface area (Å²) in [5, 5.41) is 5.76. The maximum atomic E-state index is 14.2. The van der Waals surface area contributed by atoms with Crippen LogP contribution < -0.4 is 16.4 Å². The van der Waals surface area contributed by atoms with E-state index in [0.29, 0.717) is 44.0 Å². The maximum Gasteiger partial charge on any atom is 0.244 e. The minimum atomic E-state index is -0.953. The number of carbonyl (C=O) groups is 1. The summed E-state index contributed by atoms with van der Waals surface area (Å²) in [6.07, 6.45) is 3.09. The fourth-order valence-electron chi connectivity index (χ4n) is 2.98. The molecule has 0 aromatic heterocycles. The molecule has 4 N–H and O–H groups in total. The first kappa shape index (κ1) is 17.1. The predicted octanol–water partition coefficient (Wildman–Crippen LogP) is 1.86. The number of halogens is 1. The molecule has 24 heavy (non-hydrogen) atoms. The van der Waals surface area contributed by atoms with E-state index in [1.54, 1.807) is 12.1 Å². The first-order chi connectivity index (χ1) is 11.6. The second kappa shape index (κ2) is 7.46. The third-order valence-corrected chi connectivity index (χ3v) is 4.61. The van der Waals surface area contributed by atoms with Crippen LogP contribution >= 0.6 is 0 Å². The van der Waals surface area contributed by atoms with Crippen LogP contribution in [0.4, 0.5) is 15.8 Å². The fraction of sp³-hybridized carbons (Fsp3) is 0.588. The number of rotatable bonds is 5. The van der Waals surface area contributed by atoms with Gasteiger partial charge in [-0.3, -0.25) is 4.79 Å². The van der Waals surface area contributed by atoms with Gasteiger partial charge in [0.15, 0.2) is 0 Å². The molecule has 2 fully saturated rings. The Morgan fingerprint density at radius 3 is 2.79 bits per heavy atom. The Morgan fingerprint density at radius 1 is 1.33 bits per heavy atom. The van der Waals surface area contributed by atoms with E-state index in [1.165, 1.54) is 6.07 Å². The molecule has 6 nitrogen and oxygen atoms in total. The molecular weight excluding hydrogens is 313 g/mol. The summed E-state index contributed by atoms with van der Waals surface area (Å²) < 4.78 is 24.9. The molecule has 7 heteroatoms. The number of carbonyl (C=O) groups excluding carboxylic acids is 1. The lowest BCUT2D eigenvalue weighted by Gasteiger charge is -2.31. The SMILES string of the molecule is NC1(C(=O)Nc2ccc(NCC3CCCO3)c(F)c2)CCOCC1. The standard InChI is InChI=1S/C17H24FN3O3/c18-14-10-12(21-16(22)17(19)5-8-23-9-6-17)3-4-15(14)20-11-13-2-1-7-24-13/h3-4,10,13,20H,1-2,5-9,11,19H2,(H,21,22). The van der Waals surface area contributed by atoms with Gasteiger partial charge in [0.1, 0.15) is 11.4 Å². The van der Waals surface area contributed by atoms with Crippen molar-refractivity contribution in [2.75, 3.05) is 37.0 Å². The Kier molecular flexibility index (Phi) is 5.33. The normalized spacial score (nSPS) is 23.0. The third-order valence-electron chi connectivity index (χ3n) is 4.61. The summed E-state index contributed by atoms with van der Waals surface area (Å²) in [6.45, 7) is 2.27. The lowest BCUT2D eigenvalue weighted by Crippen LogP contribution is -2.54. The first-order valence-electron chi connectivity index (χ1n) is 8.40. The number of hydrogen-bond donors (Lipinski definition) is 3. The number of anilines is 2. The van der Waals surface area contributed by atoms with Crippen molar-refractivity contribution in [3.05, 3.63) is 24.0 Å². The van der Waals surface area contributed by atoms with Crippen LogP contribution in [0.1, 0.15) is 25.7 Å². The van der Waals surface area contributed by atoms with Crippen LogP contribution in [0.15, 0.2) is 18.2 Å². The van der Waals surface area contributed by atoms with Crippen molar-refractivity contribution in [2.45, 2.75) is 37.3 Å². The van der Waals surface area contributed by atoms with E-state index < -0.39 is 11.4 Å². The minimum Gasteiger partial charge on any atom is -0.381 e. The monoisotopic (exact) mass is 337 g/mol. The number of nitrogens with two attached hydrogens (primary N) is 1. The van der Waals surface area contributed by atoms with E-state index in [0.717, 1.165) is 19.4 Å². The van der Waals surface area contributed by atoms with Gasteiger partial charge in [0.2, 0.25) is 5.91 Å². The summed E-state index contributed by atoms with van der Waals surface area (Å²) in [4.78, 5) is 12.3. The molecule has 0 radical (unpaired) electrons. The van der Waals surface area contributed by atoms with Crippen LogP contribution in [0.25, 0.3) is 0 Å². The van der Waals surface area contributed by atoms with Gasteiger partial charge < -0.3 is 25.8 Å². The molecule has 1 aromatic carbocycles. The molecule has 0 saturated carbocycles. The summed E-state index contributed by atoms with van der Waals surface area (Å²) >= 11 is 0. The van der Waals surface area contributed by atoms with Crippen molar-refractivity contribution in [1.29, 1.82) is 0 Å². The Bertz CT molecular complexity index is 584. The number of ether oxygens (including phenoxy) is 2. The molecular formula is C17H24FN3O3. The zero-order valence-electron chi connectivity index (χ0n) is 13.6. The van der Waals surface area contributed by atoms with Crippen LogP contribution in [-0.2, 0) is 14.3 Å². The van der Waals surface area contributed by atoms with Crippen molar-refractivity contribution in [3.8, 4) is 0 Å². The average molecular weight is 337 g/mol. The summed E-state index contributed by atoms with van der Waals surface area (Å²) in [7, 11) is 0. The molecule has 2 aliphatic heterocycles. The van der Waals surface area contributed by atoms with E-state index in [-0.39, 0.29) is 12.0 Å². The smallest absolute Gasteiger partial charge is 0.244 e. The molecule has 1 aromatic rings. The lowest BCUT2D eigenvalue weighted by molar-refractivity contribution is -0.124. The lowest BCUT2D eigenvalue weighted by atomic mass is 9.90. The van der Waals surface area contributed by atoms with Crippen LogP contribution in [0, 0.1) is 5.82 Å². The Morgan fingerprint density at radius 2 is 2.12 bits per heavy atom. The van der Waals surface area contributed by atoms with Crippen molar-refractivity contribution in [2.24, 2.45) is 5.73 Å². The van der Waals surface area contributed by atoms with Gasteiger partial charge in [-0.1, -0.05) is 0 Å². The van der Waals surface area contributed by atoms with Crippen LogP contribution in [-0.4, -0.2) is 43.9 Å². The summed E-state index contributed by atoms with van der Waals surface area (Å²) in [6, 6.07) is 4.59. The van der Waals surface area contributed by atoms with Crippen molar-refractivity contribution in [3.63, 3.8) is 0 Å². The molecule has 2 saturated heterocycles.